The summed E-state index contributed by atoms with van der Waals surface area (Å²) in [5.74, 6) is -2.20. The minimum absolute atomic E-state index is 0.000920. The highest BCUT2D eigenvalue weighted by Crippen LogP contribution is 2.35. The molecular weight excluding hydrogens is 314 g/mol. The Bertz CT molecular complexity index is 935. The minimum atomic E-state index is -1.12. The van der Waals surface area contributed by atoms with Crippen LogP contribution in [-0.4, -0.2) is 27.1 Å². The van der Waals surface area contributed by atoms with E-state index in [0.717, 1.165) is 0 Å². The number of aromatic nitrogens is 1. The second kappa shape index (κ2) is 5.73. The largest absolute Gasteiger partial charge is 0.478 e. The summed E-state index contributed by atoms with van der Waals surface area (Å²) in [7, 11) is 0. The highest BCUT2D eigenvalue weighted by Gasteiger charge is 2.23. The van der Waals surface area contributed by atoms with E-state index >= 15 is 0 Å². The van der Waals surface area contributed by atoms with Gasteiger partial charge in [-0.3, -0.25) is 0 Å². The van der Waals surface area contributed by atoms with Gasteiger partial charge in [0.15, 0.2) is 0 Å². The molecule has 0 radical (unpaired) electrons. The standard InChI is InChI=1S/C17H13NO4S/c1-9(14(16(19)20)12-7-4-8-23-12)13-10-5-2-3-6-11(10)18-15(13)17(21)22/h2-8,18H,1H3,(H,19,20)(H,21,22)/b14-9+. The van der Waals surface area contributed by atoms with Crippen molar-refractivity contribution in [3.8, 4) is 0 Å². The third-order valence-corrected chi connectivity index (χ3v) is 4.54. The number of carboxylic acid groups (broad SMARTS) is 2. The number of rotatable bonds is 4. The average Bonchev–Trinajstić information content (AvgIpc) is 3.13. The Balaban J connectivity index is 2.38. The van der Waals surface area contributed by atoms with Crippen molar-refractivity contribution in [2.75, 3.05) is 0 Å². The summed E-state index contributed by atoms with van der Waals surface area (Å²) in [6, 6.07) is 10.6. The lowest BCUT2D eigenvalue weighted by atomic mass is 9.97. The maximum atomic E-state index is 11.7. The summed E-state index contributed by atoms with van der Waals surface area (Å²) >= 11 is 1.31. The maximum Gasteiger partial charge on any atom is 0.352 e. The van der Waals surface area contributed by atoms with Gasteiger partial charge in [-0.25, -0.2) is 9.59 Å². The van der Waals surface area contributed by atoms with E-state index in [1.165, 1.54) is 11.3 Å². The van der Waals surface area contributed by atoms with E-state index in [1.54, 1.807) is 48.7 Å². The number of hydrogen-bond donors (Lipinski definition) is 3. The monoisotopic (exact) mass is 327 g/mol. The number of carboxylic acids is 2. The lowest BCUT2D eigenvalue weighted by Gasteiger charge is -2.08. The number of hydrogen-bond acceptors (Lipinski definition) is 3. The Hall–Kier alpha value is -2.86. The molecule has 0 fully saturated rings. The molecule has 0 amide bonds. The van der Waals surface area contributed by atoms with E-state index in [1.807, 2.05) is 0 Å². The Morgan fingerprint density at radius 2 is 1.83 bits per heavy atom. The molecule has 0 aliphatic rings. The Morgan fingerprint density at radius 3 is 2.43 bits per heavy atom. The van der Waals surface area contributed by atoms with Crippen LogP contribution in [0.25, 0.3) is 22.0 Å². The molecule has 116 valence electrons. The molecule has 0 saturated heterocycles. The van der Waals surface area contributed by atoms with Crippen molar-refractivity contribution in [1.82, 2.24) is 4.98 Å². The molecule has 1 aromatic carbocycles. The topological polar surface area (TPSA) is 90.4 Å². The zero-order valence-electron chi connectivity index (χ0n) is 12.2. The molecule has 3 N–H and O–H groups in total. The number of fused-ring (bicyclic) bond motifs is 1. The summed E-state index contributed by atoms with van der Waals surface area (Å²) in [5, 5.41) is 21.6. The fourth-order valence-electron chi connectivity index (χ4n) is 2.69. The van der Waals surface area contributed by atoms with Crippen LogP contribution >= 0.6 is 11.3 Å². The zero-order valence-corrected chi connectivity index (χ0v) is 13.0. The van der Waals surface area contributed by atoms with Crippen LogP contribution in [0, 0.1) is 0 Å². The summed E-state index contributed by atoms with van der Waals surface area (Å²) in [6.07, 6.45) is 0. The first-order chi connectivity index (χ1) is 11.0. The lowest BCUT2D eigenvalue weighted by molar-refractivity contribution is -0.130. The van der Waals surface area contributed by atoms with E-state index in [-0.39, 0.29) is 11.3 Å². The molecule has 0 unspecified atom stereocenters. The molecule has 6 heteroatoms. The fourth-order valence-corrected chi connectivity index (χ4v) is 3.51. The van der Waals surface area contributed by atoms with Gasteiger partial charge in [0.2, 0.25) is 0 Å². The number of carbonyl (C=O) groups is 2. The summed E-state index contributed by atoms with van der Waals surface area (Å²) < 4.78 is 0. The van der Waals surface area contributed by atoms with Crippen LogP contribution in [0.1, 0.15) is 27.9 Å². The van der Waals surface area contributed by atoms with Crippen LogP contribution in [0.4, 0.5) is 0 Å². The van der Waals surface area contributed by atoms with Crippen LogP contribution < -0.4 is 0 Å². The zero-order chi connectivity index (χ0) is 16.6. The Kier molecular flexibility index (Phi) is 3.75. The van der Waals surface area contributed by atoms with Crippen molar-refractivity contribution < 1.29 is 19.8 Å². The molecule has 0 saturated carbocycles. The van der Waals surface area contributed by atoms with Crippen LogP contribution in [-0.2, 0) is 4.79 Å². The first-order valence-electron chi connectivity index (χ1n) is 6.83. The molecular formula is C17H13NO4S. The molecule has 0 bridgehead atoms. The molecule has 5 nitrogen and oxygen atoms in total. The molecule has 0 aliphatic carbocycles. The van der Waals surface area contributed by atoms with Gasteiger partial charge in [-0.2, -0.15) is 0 Å². The third-order valence-electron chi connectivity index (χ3n) is 3.65. The van der Waals surface area contributed by atoms with E-state index in [9.17, 15) is 19.8 Å². The number of aromatic amines is 1. The SMILES string of the molecule is C/C(=C(\C(=O)O)c1cccs1)c1c(C(=O)O)[nH]c2ccccc12. The first-order valence-corrected chi connectivity index (χ1v) is 7.71. The van der Waals surface area contributed by atoms with Gasteiger partial charge in [0.25, 0.3) is 0 Å². The molecule has 3 rings (SSSR count). The van der Waals surface area contributed by atoms with Gasteiger partial charge in [0, 0.05) is 21.3 Å². The highest BCUT2D eigenvalue weighted by molar-refractivity contribution is 7.11. The normalized spacial score (nSPS) is 12.2. The molecule has 0 atom stereocenters. The van der Waals surface area contributed by atoms with Gasteiger partial charge in [0.1, 0.15) is 5.69 Å². The smallest absolute Gasteiger partial charge is 0.352 e. The van der Waals surface area contributed by atoms with Crippen molar-refractivity contribution in [3.63, 3.8) is 0 Å². The average molecular weight is 327 g/mol. The van der Waals surface area contributed by atoms with Crippen molar-refractivity contribution in [3.05, 3.63) is 57.9 Å². The van der Waals surface area contributed by atoms with Gasteiger partial charge in [-0.1, -0.05) is 24.3 Å². The van der Waals surface area contributed by atoms with Gasteiger partial charge in [-0.15, -0.1) is 11.3 Å². The van der Waals surface area contributed by atoms with Crippen molar-refractivity contribution in [2.45, 2.75) is 6.92 Å². The Morgan fingerprint density at radius 1 is 1.09 bits per heavy atom. The second-order valence-corrected chi connectivity index (χ2v) is 5.96. The number of thiophene rings is 1. The van der Waals surface area contributed by atoms with Gasteiger partial charge in [0.05, 0.1) is 5.57 Å². The van der Waals surface area contributed by atoms with Crippen molar-refractivity contribution in [1.29, 1.82) is 0 Å². The van der Waals surface area contributed by atoms with Crippen molar-refractivity contribution >= 4 is 45.3 Å². The number of H-pyrrole nitrogens is 1. The van der Waals surface area contributed by atoms with Crippen LogP contribution in [0.15, 0.2) is 41.8 Å². The molecule has 2 aromatic heterocycles. The van der Waals surface area contributed by atoms with Gasteiger partial charge >= 0.3 is 11.9 Å². The van der Waals surface area contributed by atoms with Crippen LogP contribution in [0.3, 0.4) is 0 Å². The highest BCUT2D eigenvalue weighted by atomic mass is 32.1. The summed E-state index contributed by atoms with van der Waals surface area (Å²) in [6.45, 7) is 1.64. The van der Waals surface area contributed by atoms with Gasteiger partial charge in [-0.05, 0) is 30.0 Å². The number of aromatic carboxylic acids is 1. The van der Waals surface area contributed by atoms with E-state index in [4.69, 9.17) is 0 Å². The minimum Gasteiger partial charge on any atom is -0.478 e. The second-order valence-electron chi connectivity index (χ2n) is 5.01. The fraction of sp³-hybridized carbons (Fsp3) is 0.0588. The van der Waals surface area contributed by atoms with E-state index in [2.05, 4.69) is 4.98 Å². The number of aliphatic carboxylic acids is 1. The number of benzene rings is 1. The number of para-hydroxylation sites is 1. The van der Waals surface area contributed by atoms with E-state index in [0.29, 0.717) is 26.9 Å². The third kappa shape index (κ3) is 2.53. The quantitative estimate of drug-likeness (QED) is 0.633. The molecule has 0 aliphatic heterocycles. The molecule has 0 spiro atoms. The van der Waals surface area contributed by atoms with Crippen LogP contribution in [0.5, 0.6) is 0 Å². The predicted molar refractivity (Wildman–Crippen MR) is 89.7 cm³/mol. The number of allylic oxidation sites excluding steroid dienone is 1. The van der Waals surface area contributed by atoms with Gasteiger partial charge < -0.3 is 15.2 Å². The number of nitrogens with one attached hydrogen (secondary N) is 1. The Labute approximate surface area is 135 Å². The van der Waals surface area contributed by atoms with Crippen LogP contribution in [0.2, 0.25) is 0 Å². The predicted octanol–water partition coefficient (Wildman–Crippen LogP) is 3.94. The van der Waals surface area contributed by atoms with Crippen molar-refractivity contribution in [2.24, 2.45) is 0 Å². The molecule has 2 heterocycles. The summed E-state index contributed by atoms with van der Waals surface area (Å²) in [5.41, 5.74) is 1.62. The first kappa shape index (κ1) is 15.1. The molecule has 23 heavy (non-hydrogen) atoms. The molecule has 3 aromatic rings. The lowest BCUT2D eigenvalue weighted by Crippen LogP contribution is -2.05. The summed E-state index contributed by atoms with van der Waals surface area (Å²) in [4.78, 5) is 26.8. The van der Waals surface area contributed by atoms with E-state index < -0.39 is 11.9 Å². The maximum absolute atomic E-state index is 11.7.